The second kappa shape index (κ2) is 6.10. The van der Waals surface area contributed by atoms with Crippen LogP contribution in [0.15, 0.2) is 54.6 Å². The molecule has 0 heterocycles. The Morgan fingerprint density at radius 1 is 1.10 bits per heavy atom. The summed E-state index contributed by atoms with van der Waals surface area (Å²) in [5.41, 5.74) is 0.270. The third kappa shape index (κ3) is 3.40. The number of hydrogen-bond donors (Lipinski definition) is 0. The van der Waals surface area contributed by atoms with Crippen molar-refractivity contribution < 1.29 is 9.53 Å². The molecule has 0 radical (unpaired) electrons. The molecule has 0 aromatic heterocycles. The van der Waals surface area contributed by atoms with Gasteiger partial charge in [-0.2, -0.15) is 0 Å². The molecule has 20 heavy (non-hydrogen) atoms. The molecule has 2 rings (SSSR count). The normalized spacial score (nSPS) is 11.2. The van der Waals surface area contributed by atoms with Gasteiger partial charge in [0.15, 0.2) is 5.78 Å². The van der Waals surface area contributed by atoms with Gasteiger partial charge in [-0.1, -0.05) is 41.9 Å². The van der Waals surface area contributed by atoms with Crippen LogP contribution in [0.25, 0.3) is 0 Å². The Bertz CT molecular complexity index is 591. The maximum Gasteiger partial charge on any atom is 0.180 e. The number of carbonyl (C=O) groups is 1. The van der Waals surface area contributed by atoms with Gasteiger partial charge in [0.25, 0.3) is 0 Å². The Morgan fingerprint density at radius 2 is 1.80 bits per heavy atom. The van der Waals surface area contributed by atoms with Crippen LogP contribution in [0.1, 0.15) is 19.4 Å². The zero-order valence-corrected chi connectivity index (χ0v) is 12.4. The molecule has 0 bridgehead atoms. The number of hydrogen-bond acceptors (Lipinski definition) is 2. The van der Waals surface area contributed by atoms with E-state index in [0.29, 0.717) is 10.8 Å². The van der Waals surface area contributed by atoms with Crippen molar-refractivity contribution in [2.75, 3.05) is 6.61 Å². The highest BCUT2D eigenvalue weighted by Crippen LogP contribution is 2.27. The molecule has 0 fully saturated rings. The van der Waals surface area contributed by atoms with E-state index in [4.69, 9.17) is 16.3 Å². The number of benzene rings is 2. The smallest absolute Gasteiger partial charge is 0.180 e. The van der Waals surface area contributed by atoms with Crippen LogP contribution in [-0.4, -0.2) is 12.4 Å². The number of Topliss-reactive ketones (excluding diaryl/α,β-unsaturated/α-hetero) is 1. The molecule has 0 spiro atoms. The summed E-state index contributed by atoms with van der Waals surface area (Å²) in [6.45, 7) is 3.81. The number of ketones is 1. The van der Waals surface area contributed by atoms with Crippen LogP contribution in [0.4, 0.5) is 0 Å². The molecule has 2 aromatic rings. The fraction of sp³-hybridized carbons (Fsp3) is 0.235. The monoisotopic (exact) mass is 288 g/mol. The predicted molar refractivity (Wildman–Crippen MR) is 81.4 cm³/mol. The highest BCUT2D eigenvalue weighted by atomic mass is 35.5. The maximum atomic E-state index is 12.4. The van der Waals surface area contributed by atoms with Crippen LogP contribution in [-0.2, 0) is 10.2 Å². The third-order valence-corrected chi connectivity index (χ3v) is 3.59. The molecule has 0 N–H and O–H groups in total. The minimum atomic E-state index is -0.625. The zero-order chi connectivity index (χ0) is 14.6. The largest absolute Gasteiger partial charge is 0.486 e. The van der Waals surface area contributed by atoms with E-state index in [1.807, 2.05) is 62.4 Å². The summed E-state index contributed by atoms with van der Waals surface area (Å²) in [6.07, 6.45) is 0. The third-order valence-electron chi connectivity index (χ3n) is 3.36. The van der Waals surface area contributed by atoms with Gasteiger partial charge in [-0.15, -0.1) is 0 Å². The highest BCUT2D eigenvalue weighted by Gasteiger charge is 2.30. The first-order valence-corrected chi connectivity index (χ1v) is 6.85. The lowest BCUT2D eigenvalue weighted by molar-refractivity contribution is -0.125. The van der Waals surface area contributed by atoms with Gasteiger partial charge in [-0.25, -0.2) is 0 Å². The summed E-state index contributed by atoms with van der Waals surface area (Å²) < 4.78 is 5.52. The van der Waals surface area contributed by atoms with Crippen molar-refractivity contribution in [1.29, 1.82) is 0 Å². The van der Waals surface area contributed by atoms with Crippen molar-refractivity contribution in [2.45, 2.75) is 19.3 Å². The summed E-state index contributed by atoms with van der Waals surface area (Å²) in [4.78, 5) is 12.4. The lowest BCUT2D eigenvalue weighted by Crippen LogP contribution is -2.33. The van der Waals surface area contributed by atoms with E-state index >= 15 is 0 Å². The van der Waals surface area contributed by atoms with Crippen LogP contribution in [0.2, 0.25) is 5.02 Å². The van der Waals surface area contributed by atoms with Gasteiger partial charge in [-0.05, 0) is 43.7 Å². The summed E-state index contributed by atoms with van der Waals surface area (Å²) >= 11 is 5.99. The topological polar surface area (TPSA) is 26.3 Å². The minimum Gasteiger partial charge on any atom is -0.486 e. The SMILES string of the molecule is CC(C)(C(=O)COc1ccccc1)c1cccc(Cl)c1. The number of halogens is 1. The highest BCUT2D eigenvalue weighted by molar-refractivity contribution is 6.30. The molecule has 0 unspecified atom stereocenters. The molecular formula is C17H17ClO2. The van der Waals surface area contributed by atoms with Crippen molar-refractivity contribution in [3.8, 4) is 5.75 Å². The van der Waals surface area contributed by atoms with Crippen molar-refractivity contribution >= 4 is 17.4 Å². The molecule has 104 valence electrons. The van der Waals surface area contributed by atoms with E-state index in [1.165, 1.54) is 0 Å². The van der Waals surface area contributed by atoms with E-state index in [9.17, 15) is 4.79 Å². The lowest BCUT2D eigenvalue weighted by Gasteiger charge is -2.24. The average Bonchev–Trinajstić information content (AvgIpc) is 2.45. The molecule has 2 aromatic carbocycles. The molecule has 0 aliphatic carbocycles. The first-order valence-electron chi connectivity index (χ1n) is 6.47. The van der Waals surface area contributed by atoms with Crippen LogP contribution in [0.3, 0.4) is 0 Å². The number of rotatable bonds is 5. The molecule has 3 heteroatoms. The van der Waals surface area contributed by atoms with Crippen LogP contribution in [0, 0.1) is 0 Å². The minimum absolute atomic E-state index is 0.0172. The predicted octanol–water partition coefficient (Wildman–Crippen LogP) is 4.27. The summed E-state index contributed by atoms with van der Waals surface area (Å²) in [7, 11) is 0. The first kappa shape index (κ1) is 14.6. The molecule has 0 aliphatic heterocycles. The standard InChI is InChI=1S/C17H17ClO2/c1-17(2,13-7-6-8-14(18)11-13)16(19)12-20-15-9-4-3-5-10-15/h3-11H,12H2,1-2H3. The van der Waals surface area contributed by atoms with Gasteiger partial charge >= 0.3 is 0 Å². The van der Waals surface area contributed by atoms with E-state index < -0.39 is 5.41 Å². The molecule has 0 atom stereocenters. The van der Waals surface area contributed by atoms with Gasteiger partial charge in [0, 0.05) is 5.02 Å². The number of ether oxygens (including phenoxy) is 1. The molecule has 0 saturated carbocycles. The Morgan fingerprint density at radius 3 is 2.45 bits per heavy atom. The molecular weight excluding hydrogens is 272 g/mol. The maximum absolute atomic E-state index is 12.4. The van der Waals surface area contributed by atoms with Gasteiger partial charge < -0.3 is 4.74 Å². The van der Waals surface area contributed by atoms with Gasteiger partial charge in [0.05, 0.1) is 5.41 Å². The fourth-order valence-electron chi connectivity index (χ4n) is 1.88. The first-order chi connectivity index (χ1) is 9.50. The fourth-order valence-corrected chi connectivity index (χ4v) is 2.07. The second-order valence-corrected chi connectivity index (χ2v) is 5.60. The van der Waals surface area contributed by atoms with E-state index in [2.05, 4.69) is 0 Å². The van der Waals surface area contributed by atoms with Gasteiger partial charge in [0.2, 0.25) is 0 Å². The quantitative estimate of drug-likeness (QED) is 0.821. The Kier molecular flexibility index (Phi) is 4.46. The van der Waals surface area contributed by atoms with Crippen LogP contribution >= 0.6 is 11.6 Å². The second-order valence-electron chi connectivity index (χ2n) is 5.16. The van der Waals surface area contributed by atoms with E-state index in [-0.39, 0.29) is 12.4 Å². The summed E-state index contributed by atoms with van der Waals surface area (Å²) in [6, 6.07) is 16.7. The number of carbonyl (C=O) groups excluding carboxylic acids is 1. The van der Waals surface area contributed by atoms with Crippen molar-refractivity contribution in [1.82, 2.24) is 0 Å². The molecule has 0 amide bonds. The number of para-hydroxylation sites is 1. The Hall–Kier alpha value is -1.80. The van der Waals surface area contributed by atoms with Gasteiger partial charge in [0.1, 0.15) is 12.4 Å². The summed E-state index contributed by atoms with van der Waals surface area (Å²) in [5.74, 6) is 0.714. The van der Waals surface area contributed by atoms with Crippen LogP contribution in [0.5, 0.6) is 5.75 Å². The van der Waals surface area contributed by atoms with E-state index in [1.54, 1.807) is 6.07 Å². The average molecular weight is 289 g/mol. The Labute approximate surface area is 124 Å². The van der Waals surface area contributed by atoms with Crippen molar-refractivity contribution in [3.05, 3.63) is 65.2 Å². The zero-order valence-electron chi connectivity index (χ0n) is 11.6. The lowest BCUT2D eigenvalue weighted by atomic mass is 9.81. The molecule has 0 aliphatic rings. The Balaban J connectivity index is 2.07. The van der Waals surface area contributed by atoms with Crippen molar-refractivity contribution in [2.24, 2.45) is 0 Å². The van der Waals surface area contributed by atoms with Gasteiger partial charge in [-0.3, -0.25) is 4.79 Å². The molecule has 2 nitrogen and oxygen atoms in total. The molecule has 0 saturated heterocycles. The summed E-state index contributed by atoms with van der Waals surface area (Å²) in [5, 5.41) is 0.632. The van der Waals surface area contributed by atoms with Crippen LogP contribution < -0.4 is 4.74 Å². The van der Waals surface area contributed by atoms with Crippen molar-refractivity contribution in [3.63, 3.8) is 0 Å². The van der Waals surface area contributed by atoms with E-state index in [0.717, 1.165) is 5.56 Å².